The summed E-state index contributed by atoms with van der Waals surface area (Å²) in [6.07, 6.45) is 0. The zero-order valence-electron chi connectivity index (χ0n) is 11.3. The van der Waals surface area contributed by atoms with Crippen molar-refractivity contribution in [2.75, 3.05) is 12.9 Å². The van der Waals surface area contributed by atoms with Crippen molar-refractivity contribution in [1.82, 2.24) is 0 Å². The van der Waals surface area contributed by atoms with Gasteiger partial charge in [-0.2, -0.15) is 5.26 Å². The van der Waals surface area contributed by atoms with E-state index in [0.29, 0.717) is 16.9 Å². The van der Waals surface area contributed by atoms with E-state index < -0.39 is 15.4 Å². The predicted molar refractivity (Wildman–Crippen MR) is 73.5 cm³/mol. The molecule has 0 fully saturated rings. The van der Waals surface area contributed by atoms with Gasteiger partial charge < -0.3 is 10.5 Å². The molecular weight excluding hydrogens is 264 g/mol. The third-order valence-electron chi connectivity index (χ3n) is 2.38. The van der Waals surface area contributed by atoms with E-state index >= 15 is 0 Å². The number of nitriles is 1. The Morgan fingerprint density at radius 1 is 1.42 bits per heavy atom. The normalized spacial score (nSPS) is 11.9. The van der Waals surface area contributed by atoms with Crippen molar-refractivity contribution in [2.24, 2.45) is 5.73 Å². The quantitative estimate of drug-likeness (QED) is 0.876. The average molecular weight is 282 g/mol. The summed E-state index contributed by atoms with van der Waals surface area (Å²) in [6, 6.07) is 6.68. The molecule has 0 aliphatic carbocycles. The van der Waals surface area contributed by atoms with Gasteiger partial charge in [0.15, 0.2) is 9.84 Å². The van der Waals surface area contributed by atoms with Crippen LogP contribution in [0.3, 0.4) is 0 Å². The van der Waals surface area contributed by atoms with Gasteiger partial charge in [0.1, 0.15) is 5.75 Å². The number of ether oxygens (including phenoxy) is 1. The number of nitrogens with zero attached hydrogens (tertiary/aromatic N) is 1. The van der Waals surface area contributed by atoms with Crippen LogP contribution >= 0.6 is 0 Å². The van der Waals surface area contributed by atoms with Crippen LogP contribution in [0.4, 0.5) is 0 Å². The van der Waals surface area contributed by atoms with Gasteiger partial charge in [0.25, 0.3) is 0 Å². The van der Waals surface area contributed by atoms with Crippen LogP contribution in [0.1, 0.15) is 25.0 Å². The molecule has 0 aliphatic heterocycles. The number of rotatable bonds is 5. The summed E-state index contributed by atoms with van der Waals surface area (Å²) in [4.78, 5) is 0. The molecular formula is C13H18N2O3S. The topological polar surface area (TPSA) is 93.2 Å². The second kappa shape index (κ2) is 5.59. The number of benzene rings is 1. The fourth-order valence-electron chi connectivity index (χ4n) is 1.82. The summed E-state index contributed by atoms with van der Waals surface area (Å²) in [5.74, 6) is 0.143. The maximum Gasteiger partial charge on any atom is 0.156 e. The number of hydrogen-bond acceptors (Lipinski definition) is 5. The molecule has 2 N–H and O–H groups in total. The number of sulfone groups is 1. The lowest BCUT2D eigenvalue weighted by Gasteiger charge is -2.18. The first-order valence-corrected chi connectivity index (χ1v) is 7.55. The molecule has 1 aromatic carbocycles. The molecule has 0 bridgehead atoms. The van der Waals surface area contributed by atoms with Crippen molar-refractivity contribution in [3.05, 3.63) is 29.3 Å². The van der Waals surface area contributed by atoms with Crippen molar-refractivity contribution in [1.29, 1.82) is 5.26 Å². The van der Waals surface area contributed by atoms with Gasteiger partial charge in [-0.3, -0.25) is 0 Å². The summed E-state index contributed by atoms with van der Waals surface area (Å²) < 4.78 is 29.2. The van der Waals surface area contributed by atoms with E-state index in [0.717, 1.165) is 0 Å². The minimum atomic E-state index is -3.36. The van der Waals surface area contributed by atoms with Gasteiger partial charge in [-0.05, 0) is 32.0 Å². The molecule has 6 heteroatoms. The highest BCUT2D eigenvalue weighted by atomic mass is 32.2. The first kappa shape index (κ1) is 15.5. The molecule has 0 saturated carbocycles. The van der Waals surface area contributed by atoms with E-state index in [9.17, 15) is 8.42 Å². The number of methoxy groups -OCH3 is 1. The molecule has 1 aromatic rings. The molecule has 104 valence electrons. The zero-order valence-corrected chi connectivity index (χ0v) is 12.1. The molecule has 0 radical (unpaired) electrons. The van der Waals surface area contributed by atoms with Crippen LogP contribution in [-0.2, 0) is 15.6 Å². The molecule has 19 heavy (non-hydrogen) atoms. The highest BCUT2D eigenvalue weighted by Gasteiger charge is 2.23. The van der Waals surface area contributed by atoms with Crippen molar-refractivity contribution in [2.45, 2.75) is 25.1 Å². The molecule has 5 nitrogen and oxygen atoms in total. The minimum absolute atomic E-state index is 0.125. The Bertz CT molecular complexity index is 595. The highest BCUT2D eigenvalue weighted by Crippen LogP contribution is 2.23. The predicted octanol–water partition coefficient (Wildman–Crippen LogP) is 1.22. The smallest absolute Gasteiger partial charge is 0.156 e. The summed E-state index contributed by atoms with van der Waals surface area (Å²) in [5, 5.41) is 8.85. The van der Waals surface area contributed by atoms with Gasteiger partial charge in [-0.15, -0.1) is 0 Å². The van der Waals surface area contributed by atoms with Crippen LogP contribution < -0.4 is 10.5 Å². The zero-order chi connectivity index (χ0) is 14.7. The van der Waals surface area contributed by atoms with Crippen LogP contribution in [0, 0.1) is 11.3 Å². The van der Waals surface area contributed by atoms with Crippen LogP contribution in [-0.4, -0.2) is 26.8 Å². The summed E-state index contributed by atoms with van der Waals surface area (Å²) in [6.45, 7) is 3.32. The minimum Gasteiger partial charge on any atom is -0.496 e. The molecule has 0 aliphatic rings. The van der Waals surface area contributed by atoms with Gasteiger partial charge in [-0.1, -0.05) is 0 Å². The monoisotopic (exact) mass is 282 g/mol. The van der Waals surface area contributed by atoms with Gasteiger partial charge in [-0.25, -0.2) is 8.42 Å². The van der Waals surface area contributed by atoms with E-state index in [1.807, 2.05) is 6.07 Å². The molecule has 0 saturated heterocycles. The molecule has 0 amide bonds. The number of hydrogen-bond donors (Lipinski definition) is 1. The Morgan fingerprint density at radius 2 is 2.05 bits per heavy atom. The van der Waals surface area contributed by atoms with E-state index in [-0.39, 0.29) is 11.5 Å². The largest absolute Gasteiger partial charge is 0.496 e. The van der Waals surface area contributed by atoms with E-state index in [2.05, 4.69) is 0 Å². The third kappa shape index (κ3) is 4.89. The highest BCUT2D eigenvalue weighted by molar-refractivity contribution is 7.90. The summed E-state index contributed by atoms with van der Waals surface area (Å²) in [5.41, 5.74) is 5.82. The fraction of sp³-hybridized carbons (Fsp3) is 0.462. The molecule has 0 aromatic heterocycles. The molecule has 0 unspecified atom stereocenters. The second-order valence-electron chi connectivity index (χ2n) is 5.16. The van der Waals surface area contributed by atoms with Crippen molar-refractivity contribution in [3.63, 3.8) is 0 Å². The molecule has 1 rings (SSSR count). The van der Waals surface area contributed by atoms with Crippen molar-refractivity contribution in [3.8, 4) is 11.8 Å². The van der Waals surface area contributed by atoms with Crippen LogP contribution in [0.5, 0.6) is 5.75 Å². The Labute approximate surface area is 113 Å². The van der Waals surface area contributed by atoms with Gasteiger partial charge in [0.05, 0.1) is 30.2 Å². The van der Waals surface area contributed by atoms with Crippen LogP contribution in [0.2, 0.25) is 0 Å². The molecule has 0 atom stereocenters. The average Bonchev–Trinajstić information content (AvgIpc) is 2.24. The lowest BCUT2D eigenvalue weighted by Crippen LogP contribution is -2.40. The first-order chi connectivity index (χ1) is 8.67. The fourth-order valence-corrected chi connectivity index (χ4v) is 3.75. The maximum absolute atomic E-state index is 12.1. The first-order valence-electron chi connectivity index (χ1n) is 5.73. The van der Waals surface area contributed by atoms with E-state index in [1.165, 1.54) is 13.2 Å². The SMILES string of the molecule is COc1ccc(C#N)cc1CS(=O)(=O)CC(C)(C)N. The Hall–Kier alpha value is -1.58. The van der Waals surface area contributed by atoms with Gasteiger partial charge in [0.2, 0.25) is 0 Å². The van der Waals surface area contributed by atoms with Crippen molar-refractivity contribution >= 4 is 9.84 Å². The lowest BCUT2D eigenvalue weighted by atomic mass is 10.1. The number of nitrogens with two attached hydrogens (primary N) is 1. The Kier molecular flexibility index (Phi) is 4.56. The lowest BCUT2D eigenvalue weighted by molar-refractivity contribution is 0.411. The van der Waals surface area contributed by atoms with Crippen LogP contribution in [0.25, 0.3) is 0 Å². The third-order valence-corrected chi connectivity index (χ3v) is 4.31. The second-order valence-corrected chi connectivity index (χ2v) is 7.22. The maximum atomic E-state index is 12.1. The van der Waals surface area contributed by atoms with Gasteiger partial charge >= 0.3 is 0 Å². The summed E-state index contributed by atoms with van der Waals surface area (Å²) >= 11 is 0. The Morgan fingerprint density at radius 3 is 2.53 bits per heavy atom. The molecule has 0 spiro atoms. The van der Waals surface area contributed by atoms with Crippen LogP contribution in [0.15, 0.2) is 18.2 Å². The van der Waals surface area contributed by atoms with E-state index in [1.54, 1.807) is 26.0 Å². The Balaban J connectivity index is 3.08. The van der Waals surface area contributed by atoms with Crippen molar-refractivity contribution < 1.29 is 13.2 Å². The van der Waals surface area contributed by atoms with E-state index in [4.69, 9.17) is 15.7 Å². The summed E-state index contributed by atoms with van der Waals surface area (Å²) in [7, 11) is -1.90. The molecule has 0 heterocycles. The van der Waals surface area contributed by atoms with Gasteiger partial charge in [0, 0.05) is 11.1 Å². The standard InChI is InChI=1S/C13H18N2O3S/c1-13(2,15)9-19(16,17)8-11-6-10(7-14)4-5-12(11)18-3/h4-6H,8-9,15H2,1-3H3.